The molecular weight excluding hydrogens is 344 g/mol. The number of methoxy groups -OCH3 is 1. The van der Waals surface area contributed by atoms with Gasteiger partial charge in [-0.05, 0) is 43.3 Å². The summed E-state index contributed by atoms with van der Waals surface area (Å²) in [6, 6.07) is 12.0. The minimum atomic E-state index is -0.254. The number of ether oxygens (including phenoxy) is 1. The molecule has 27 heavy (non-hydrogen) atoms. The van der Waals surface area contributed by atoms with Crippen LogP contribution in [0.1, 0.15) is 5.82 Å². The number of aromatic nitrogens is 4. The maximum atomic E-state index is 11.8. The Morgan fingerprint density at radius 1 is 0.963 bits per heavy atom. The SMILES string of the molecule is COc1ccc(N2CCN(c3ccc(-n4c(C)n[nH]c4=O)cn3)CC2)cc1. The molecule has 0 spiro atoms. The van der Waals surface area contributed by atoms with Crippen molar-refractivity contribution < 1.29 is 4.74 Å². The van der Waals surface area contributed by atoms with E-state index in [-0.39, 0.29) is 5.69 Å². The molecule has 0 amide bonds. The molecule has 3 aromatic rings. The number of piperazine rings is 1. The standard InChI is InChI=1S/C19H22N6O2/c1-14-21-22-19(26)25(14)16-5-8-18(20-13-16)24-11-9-23(10-12-24)15-3-6-17(27-2)7-4-15/h3-8,13H,9-12H2,1-2H3,(H,22,26). The van der Waals surface area contributed by atoms with Gasteiger partial charge in [-0.1, -0.05) is 0 Å². The smallest absolute Gasteiger partial charge is 0.347 e. The minimum Gasteiger partial charge on any atom is -0.497 e. The first-order valence-electron chi connectivity index (χ1n) is 8.90. The number of nitrogens with one attached hydrogen (secondary N) is 1. The molecule has 8 nitrogen and oxygen atoms in total. The Hall–Kier alpha value is -3.29. The van der Waals surface area contributed by atoms with Crippen molar-refractivity contribution >= 4 is 11.5 Å². The van der Waals surface area contributed by atoms with Crippen LogP contribution in [0, 0.1) is 6.92 Å². The van der Waals surface area contributed by atoms with E-state index in [0.717, 1.165) is 37.7 Å². The van der Waals surface area contributed by atoms with E-state index in [0.29, 0.717) is 11.5 Å². The van der Waals surface area contributed by atoms with Gasteiger partial charge >= 0.3 is 5.69 Å². The van der Waals surface area contributed by atoms with Crippen molar-refractivity contribution in [2.75, 3.05) is 43.1 Å². The Kier molecular flexibility index (Phi) is 4.53. The molecule has 1 saturated heterocycles. The summed E-state index contributed by atoms with van der Waals surface area (Å²) in [5, 5.41) is 6.37. The third-order valence-corrected chi connectivity index (χ3v) is 4.87. The van der Waals surface area contributed by atoms with Crippen LogP contribution in [0.5, 0.6) is 5.75 Å². The molecule has 1 aromatic carbocycles. The number of hydrogen-bond acceptors (Lipinski definition) is 6. The van der Waals surface area contributed by atoms with Gasteiger partial charge in [0.15, 0.2) is 0 Å². The van der Waals surface area contributed by atoms with Crippen LogP contribution in [0.15, 0.2) is 47.4 Å². The molecule has 0 atom stereocenters. The van der Waals surface area contributed by atoms with Crippen molar-refractivity contribution in [3.63, 3.8) is 0 Å². The van der Waals surface area contributed by atoms with Crippen LogP contribution >= 0.6 is 0 Å². The summed E-state index contributed by atoms with van der Waals surface area (Å²) < 4.78 is 6.73. The fourth-order valence-corrected chi connectivity index (χ4v) is 3.36. The number of pyridine rings is 1. The van der Waals surface area contributed by atoms with E-state index < -0.39 is 0 Å². The molecule has 1 aliphatic heterocycles. The normalized spacial score (nSPS) is 14.4. The van der Waals surface area contributed by atoms with Crippen LogP contribution in [0.2, 0.25) is 0 Å². The number of H-pyrrole nitrogens is 1. The van der Waals surface area contributed by atoms with Gasteiger partial charge in [-0.3, -0.25) is 0 Å². The highest BCUT2D eigenvalue weighted by molar-refractivity contribution is 5.52. The monoisotopic (exact) mass is 366 g/mol. The summed E-state index contributed by atoms with van der Waals surface area (Å²) in [7, 11) is 1.68. The summed E-state index contributed by atoms with van der Waals surface area (Å²) in [6.07, 6.45) is 1.72. The molecule has 0 unspecified atom stereocenters. The fraction of sp³-hybridized carbons (Fsp3) is 0.316. The average molecular weight is 366 g/mol. The Bertz CT molecular complexity index is 953. The minimum absolute atomic E-state index is 0.254. The zero-order valence-corrected chi connectivity index (χ0v) is 15.4. The Morgan fingerprint density at radius 3 is 2.19 bits per heavy atom. The lowest BCUT2D eigenvalue weighted by Gasteiger charge is -2.36. The summed E-state index contributed by atoms with van der Waals surface area (Å²) in [5.74, 6) is 2.40. The lowest BCUT2D eigenvalue weighted by molar-refractivity contribution is 0.415. The zero-order valence-electron chi connectivity index (χ0n) is 15.4. The second-order valence-electron chi connectivity index (χ2n) is 6.46. The second kappa shape index (κ2) is 7.14. The number of hydrogen-bond donors (Lipinski definition) is 1. The first kappa shape index (κ1) is 17.1. The summed E-state index contributed by atoms with van der Waals surface area (Å²) in [4.78, 5) is 21.0. The van der Waals surface area contributed by atoms with Crippen LogP contribution < -0.4 is 20.2 Å². The molecule has 1 aliphatic rings. The molecule has 0 saturated carbocycles. The van der Waals surface area contributed by atoms with Crippen LogP contribution in [0.3, 0.4) is 0 Å². The lowest BCUT2D eigenvalue weighted by Crippen LogP contribution is -2.46. The van der Waals surface area contributed by atoms with E-state index >= 15 is 0 Å². The van der Waals surface area contributed by atoms with E-state index in [1.807, 2.05) is 24.3 Å². The molecule has 0 aliphatic carbocycles. The predicted molar refractivity (Wildman–Crippen MR) is 104 cm³/mol. The van der Waals surface area contributed by atoms with Gasteiger partial charge in [0, 0.05) is 31.9 Å². The van der Waals surface area contributed by atoms with Gasteiger partial charge < -0.3 is 14.5 Å². The van der Waals surface area contributed by atoms with Crippen molar-refractivity contribution in [1.82, 2.24) is 19.7 Å². The van der Waals surface area contributed by atoms with Gasteiger partial charge in [-0.15, -0.1) is 0 Å². The number of benzene rings is 1. The van der Waals surface area contributed by atoms with Gasteiger partial charge in [0.05, 0.1) is 19.0 Å². The largest absolute Gasteiger partial charge is 0.497 e. The van der Waals surface area contributed by atoms with E-state index in [1.54, 1.807) is 20.2 Å². The molecule has 1 fully saturated rings. The molecule has 4 rings (SSSR count). The van der Waals surface area contributed by atoms with Gasteiger partial charge in [-0.25, -0.2) is 19.4 Å². The van der Waals surface area contributed by atoms with Gasteiger partial charge in [0.1, 0.15) is 17.4 Å². The molecule has 0 radical (unpaired) electrons. The summed E-state index contributed by atoms with van der Waals surface area (Å²) in [5.41, 5.74) is 1.66. The van der Waals surface area contributed by atoms with E-state index in [2.05, 4.69) is 37.1 Å². The molecule has 3 heterocycles. The molecule has 0 bridgehead atoms. The molecule has 140 valence electrons. The van der Waals surface area contributed by atoms with E-state index in [4.69, 9.17) is 4.74 Å². The van der Waals surface area contributed by atoms with Crippen molar-refractivity contribution in [2.45, 2.75) is 6.92 Å². The van der Waals surface area contributed by atoms with Crippen LogP contribution in [0.25, 0.3) is 5.69 Å². The number of aromatic amines is 1. The highest BCUT2D eigenvalue weighted by Gasteiger charge is 2.18. The summed E-state index contributed by atoms with van der Waals surface area (Å²) >= 11 is 0. The molecule has 1 N–H and O–H groups in total. The molecule has 8 heteroatoms. The average Bonchev–Trinajstić information content (AvgIpc) is 3.06. The topological polar surface area (TPSA) is 79.3 Å². The number of anilines is 2. The van der Waals surface area contributed by atoms with Crippen molar-refractivity contribution in [1.29, 1.82) is 0 Å². The number of rotatable bonds is 4. The van der Waals surface area contributed by atoms with Crippen molar-refractivity contribution in [3.8, 4) is 11.4 Å². The van der Waals surface area contributed by atoms with Crippen molar-refractivity contribution in [3.05, 3.63) is 58.9 Å². The predicted octanol–water partition coefficient (Wildman–Crippen LogP) is 1.60. The van der Waals surface area contributed by atoms with Gasteiger partial charge in [0.2, 0.25) is 0 Å². The van der Waals surface area contributed by atoms with Gasteiger partial charge in [-0.2, -0.15) is 5.10 Å². The second-order valence-corrected chi connectivity index (χ2v) is 6.46. The first-order valence-corrected chi connectivity index (χ1v) is 8.90. The molecular formula is C19H22N6O2. The quantitative estimate of drug-likeness (QED) is 0.756. The number of nitrogens with zero attached hydrogens (tertiary/aromatic N) is 5. The highest BCUT2D eigenvalue weighted by Crippen LogP contribution is 2.22. The maximum Gasteiger partial charge on any atom is 0.347 e. The molecule has 2 aromatic heterocycles. The summed E-state index contributed by atoms with van der Waals surface area (Å²) in [6.45, 7) is 5.42. The van der Waals surface area contributed by atoms with Crippen LogP contribution in [-0.2, 0) is 0 Å². The van der Waals surface area contributed by atoms with E-state index in [1.165, 1.54) is 10.3 Å². The highest BCUT2D eigenvalue weighted by atomic mass is 16.5. The fourth-order valence-electron chi connectivity index (χ4n) is 3.36. The zero-order chi connectivity index (χ0) is 18.8. The Morgan fingerprint density at radius 2 is 1.63 bits per heavy atom. The van der Waals surface area contributed by atoms with Crippen molar-refractivity contribution in [2.24, 2.45) is 0 Å². The third-order valence-electron chi connectivity index (χ3n) is 4.87. The van der Waals surface area contributed by atoms with Crippen LogP contribution in [0.4, 0.5) is 11.5 Å². The third kappa shape index (κ3) is 3.38. The first-order chi connectivity index (χ1) is 13.2. The Balaban J connectivity index is 1.43. The lowest BCUT2D eigenvalue weighted by atomic mass is 10.2. The number of aryl methyl sites for hydroxylation is 1. The van der Waals surface area contributed by atoms with Crippen LogP contribution in [-0.4, -0.2) is 53.0 Å². The maximum absolute atomic E-state index is 11.8. The Labute approximate surface area is 157 Å². The van der Waals surface area contributed by atoms with E-state index in [9.17, 15) is 4.79 Å². The van der Waals surface area contributed by atoms with Gasteiger partial charge in [0.25, 0.3) is 0 Å².